The third-order valence-electron chi connectivity index (χ3n) is 4.74. The Morgan fingerprint density at radius 2 is 1.61 bits per heavy atom. The smallest absolute Gasteiger partial charge is 0.258 e. The van der Waals surface area contributed by atoms with Gasteiger partial charge in [0, 0.05) is 5.57 Å². The van der Waals surface area contributed by atoms with E-state index in [9.17, 15) is 4.79 Å². The Morgan fingerprint density at radius 3 is 2.32 bits per heavy atom. The lowest BCUT2D eigenvalue weighted by Gasteiger charge is -2.20. The molecular weight excluding hydrogens is 346 g/mol. The fourth-order valence-electron chi connectivity index (χ4n) is 3.34. The number of hydrogen-bond acceptors (Lipinski definition) is 2. The molecule has 3 aromatic rings. The maximum Gasteiger partial charge on any atom is 0.258 e. The average Bonchev–Trinajstić information content (AvgIpc) is 3.05. The molecule has 0 radical (unpaired) electrons. The Morgan fingerprint density at radius 1 is 0.893 bits per heavy atom. The fourth-order valence-corrected chi connectivity index (χ4v) is 3.34. The summed E-state index contributed by atoms with van der Waals surface area (Å²) in [6.45, 7) is 0.538. The molecule has 0 atom stereocenters. The van der Waals surface area contributed by atoms with E-state index in [0.29, 0.717) is 12.1 Å². The van der Waals surface area contributed by atoms with Crippen molar-refractivity contribution in [2.75, 3.05) is 7.11 Å². The molecule has 138 valence electrons. The predicted molar refractivity (Wildman–Crippen MR) is 112 cm³/mol. The first-order valence-corrected chi connectivity index (χ1v) is 9.23. The Balaban J connectivity index is 1.73. The molecule has 0 bridgehead atoms. The summed E-state index contributed by atoms with van der Waals surface area (Å²) in [7, 11) is 1.64. The van der Waals surface area contributed by atoms with Crippen molar-refractivity contribution in [3.63, 3.8) is 0 Å². The number of carbonyl (C=O) groups is 1. The van der Waals surface area contributed by atoms with Crippen molar-refractivity contribution in [2.24, 2.45) is 0 Å². The molecule has 4 rings (SSSR count). The number of hydrogen-bond donors (Lipinski definition) is 0. The standard InChI is InChI=1S/C25H21NO2/c1-28-23-14-8-11-20(16-23)15-22-17-24(21-12-6-3-7-13-21)26(25(22)27)18-19-9-4-2-5-10-19/h2-17H,18H2,1H3/b22-15+. The topological polar surface area (TPSA) is 29.5 Å². The predicted octanol–water partition coefficient (Wildman–Crippen LogP) is 5.16. The van der Waals surface area contributed by atoms with E-state index in [2.05, 4.69) is 0 Å². The second-order valence-corrected chi connectivity index (χ2v) is 6.65. The van der Waals surface area contributed by atoms with Gasteiger partial charge in [-0.3, -0.25) is 4.79 Å². The van der Waals surface area contributed by atoms with Gasteiger partial charge >= 0.3 is 0 Å². The molecule has 0 aromatic heterocycles. The van der Waals surface area contributed by atoms with Crippen LogP contribution < -0.4 is 4.74 Å². The number of methoxy groups -OCH3 is 1. The Bertz CT molecular complexity index is 1040. The van der Waals surface area contributed by atoms with Crippen LogP contribution in [0, 0.1) is 0 Å². The van der Waals surface area contributed by atoms with Gasteiger partial charge < -0.3 is 9.64 Å². The number of rotatable bonds is 5. The number of carbonyl (C=O) groups excluding carboxylic acids is 1. The highest BCUT2D eigenvalue weighted by molar-refractivity contribution is 6.10. The zero-order valence-corrected chi connectivity index (χ0v) is 15.7. The van der Waals surface area contributed by atoms with Gasteiger partial charge in [-0.15, -0.1) is 0 Å². The van der Waals surface area contributed by atoms with E-state index in [4.69, 9.17) is 4.74 Å². The lowest BCUT2D eigenvalue weighted by molar-refractivity contribution is -0.123. The molecule has 0 fully saturated rings. The molecule has 1 aliphatic rings. The van der Waals surface area contributed by atoms with Crippen LogP contribution in [0.4, 0.5) is 0 Å². The Kier molecular flexibility index (Phi) is 5.07. The summed E-state index contributed by atoms with van der Waals surface area (Å²) in [5, 5.41) is 0. The fraction of sp³-hybridized carbons (Fsp3) is 0.0800. The van der Waals surface area contributed by atoms with Gasteiger partial charge in [-0.1, -0.05) is 72.8 Å². The van der Waals surface area contributed by atoms with Crippen LogP contribution in [0.1, 0.15) is 16.7 Å². The second kappa shape index (κ2) is 7.97. The highest BCUT2D eigenvalue weighted by atomic mass is 16.5. The lowest BCUT2D eigenvalue weighted by Crippen LogP contribution is -2.25. The molecule has 1 heterocycles. The summed E-state index contributed by atoms with van der Waals surface area (Å²) in [6, 6.07) is 27.8. The molecule has 28 heavy (non-hydrogen) atoms. The van der Waals surface area contributed by atoms with E-state index >= 15 is 0 Å². The maximum absolute atomic E-state index is 13.2. The molecule has 0 spiro atoms. The quantitative estimate of drug-likeness (QED) is 0.583. The number of benzene rings is 3. The minimum atomic E-state index is 0.00512. The largest absolute Gasteiger partial charge is 0.497 e. The summed E-state index contributed by atoms with van der Waals surface area (Å²) in [4.78, 5) is 15.1. The molecule has 0 aliphatic carbocycles. The van der Waals surface area contributed by atoms with Gasteiger partial charge in [0.25, 0.3) is 5.91 Å². The molecule has 1 amide bonds. The van der Waals surface area contributed by atoms with E-state index < -0.39 is 0 Å². The zero-order valence-electron chi connectivity index (χ0n) is 15.7. The van der Waals surface area contributed by atoms with Crippen molar-refractivity contribution in [3.8, 4) is 5.75 Å². The van der Waals surface area contributed by atoms with Gasteiger partial charge in [0.1, 0.15) is 5.75 Å². The van der Waals surface area contributed by atoms with Crippen molar-refractivity contribution in [3.05, 3.63) is 113 Å². The molecular formula is C25H21NO2. The van der Waals surface area contributed by atoms with E-state index in [1.54, 1.807) is 7.11 Å². The first-order chi connectivity index (χ1) is 13.7. The van der Waals surface area contributed by atoms with Crippen molar-refractivity contribution in [1.82, 2.24) is 4.90 Å². The van der Waals surface area contributed by atoms with Crippen LogP contribution in [-0.4, -0.2) is 17.9 Å². The van der Waals surface area contributed by atoms with Crippen molar-refractivity contribution < 1.29 is 9.53 Å². The summed E-state index contributed by atoms with van der Waals surface area (Å²) < 4.78 is 5.30. The first-order valence-electron chi connectivity index (χ1n) is 9.23. The van der Waals surface area contributed by atoms with Crippen molar-refractivity contribution in [2.45, 2.75) is 6.54 Å². The summed E-state index contributed by atoms with van der Waals surface area (Å²) in [6.07, 6.45) is 3.89. The van der Waals surface area contributed by atoms with Crippen LogP contribution in [0.5, 0.6) is 5.75 Å². The monoisotopic (exact) mass is 367 g/mol. The van der Waals surface area contributed by atoms with Crippen molar-refractivity contribution >= 4 is 17.7 Å². The number of amides is 1. The highest BCUT2D eigenvalue weighted by Gasteiger charge is 2.28. The maximum atomic E-state index is 13.2. The van der Waals surface area contributed by atoms with Gasteiger partial charge in [-0.2, -0.15) is 0 Å². The van der Waals surface area contributed by atoms with E-state index in [0.717, 1.165) is 28.1 Å². The van der Waals surface area contributed by atoms with E-state index in [1.807, 2.05) is 102 Å². The molecule has 1 aliphatic heterocycles. The molecule has 0 saturated heterocycles. The SMILES string of the molecule is COc1cccc(/C=C2\C=C(c3ccccc3)N(Cc3ccccc3)C2=O)c1. The van der Waals surface area contributed by atoms with Gasteiger partial charge in [0.2, 0.25) is 0 Å². The summed E-state index contributed by atoms with van der Waals surface area (Å²) >= 11 is 0. The number of ether oxygens (including phenoxy) is 1. The third-order valence-corrected chi connectivity index (χ3v) is 4.74. The second-order valence-electron chi connectivity index (χ2n) is 6.65. The summed E-state index contributed by atoms with van der Waals surface area (Å²) in [5.41, 5.74) is 4.65. The normalized spacial score (nSPS) is 15.0. The van der Waals surface area contributed by atoms with Crippen LogP contribution in [-0.2, 0) is 11.3 Å². The molecule has 0 unspecified atom stereocenters. The van der Waals surface area contributed by atoms with Gasteiger partial charge in [-0.25, -0.2) is 0 Å². The van der Waals surface area contributed by atoms with E-state index in [1.165, 1.54) is 0 Å². The van der Waals surface area contributed by atoms with Gasteiger partial charge in [0.05, 0.1) is 19.4 Å². The molecule has 3 aromatic carbocycles. The van der Waals surface area contributed by atoms with Crippen LogP contribution >= 0.6 is 0 Å². The van der Waals surface area contributed by atoms with Crippen LogP contribution in [0.15, 0.2) is 96.6 Å². The average molecular weight is 367 g/mol. The minimum absolute atomic E-state index is 0.00512. The van der Waals surface area contributed by atoms with Gasteiger partial charge in [-0.05, 0) is 41.0 Å². The molecule has 0 N–H and O–H groups in total. The Hall–Kier alpha value is -3.59. The lowest BCUT2D eigenvalue weighted by atomic mass is 10.1. The molecule has 0 saturated carbocycles. The molecule has 3 nitrogen and oxygen atoms in total. The third kappa shape index (κ3) is 3.74. The minimum Gasteiger partial charge on any atom is -0.497 e. The van der Waals surface area contributed by atoms with Crippen LogP contribution in [0.2, 0.25) is 0 Å². The van der Waals surface area contributed by atoms with Crippen LogP contribution in [0.3, 0.4) is 0 Å². The van der Waals surface area contributed by atoms with Crippen LogP contribution in [0.25, 0.3) is 11.8 Å². The first kappa shape index (κ1) is 17.8. The van der Waals surface area contributed by atoms with Gasteiger partial charge in [0.15, 0.2) is 0 Å². The molecule has 3 heteroatoms. The number of nitrogens with zero attached hydrogens (tertiary/aromatic N) is 1. The van der Waals surface area contributed by atoms with Crippen molar-refractivity contribution in [1.29, 1.82) is 0 Å². The zero-order chi connectivity index (χ0) is 19.3. The van der Waals surface area contributed by atoms with E-state index in [-0.39, 0.29) is 5.91 Å². The summed E-state index contributed by atoms with van der Waals surface area (Å²) in [5.74, 6) is 0.777. The Labute approximate surface area is 165 Å². The highest BCUT2D eigenvalue weighted by Crippen LogP contribution is 2.32.